The monoisotopic (exact) mass is 382 g/mol. The molecular formula is C18H9F3N6O. The van der Waals surface area contributed by atoms with Crippen molar-refractivity contribution < 1.29 is 13.2 Å². The van der Waals surface area contributed by atoms with Crippen LogP contribution in [0.2, 0.25) is 0 Å². The maximum Gasteiger partial charge on any atom is 0.453 e. The summed E-state index contributed by atoms with van der Waals surface area (Å²) < 4.78 is 40.9. The molecule has 0 bridgehead atoms. The molecule has 0 aliphatic heterocycles. The molecule has 5 rings (SSSR count). The van der Waals surface area contributed by atoms with E-state index in [1.54, 1.807) is 6.07 Å². The second-order valence-electron chi connectivity index (χ2n) is 6.07. The van der Waals surface area contributed by atoms with Gasteiger partial charge in [0.1, 0.15) is 5.52 Å². The van der Waals surface area contributed by atoms with E-state index in [0.717, 1.165) is 15.3 Å². The standard InChI is InChI=1S/C18H9F3N6O/c19-18(20,21)16-22-17-24-23-14-13(27(17)25-16)8-9-26(15(14)28)12-7-3-5-10-4-1-2-6-11(10)12/h1-9H. The zero-order valence-electron chi connectivity index (χ0n) is 13.9. The van der Waals surface area contributed by atoms with Gasteiger partial charge in [0.05, 0.1) is 5.69 Å². The molecule has 0 saturated heterocycles. The van der Waals surface area contributed by atoms with Crippen LogP contribution >= 0.6 is 0 Å². The van der Waals surface area contributed by atoms with E-state index < -0.39 is 17.6 Å². The topological polar surface area (TPSA) is 78.0 Å². The fourth-order valence-corrected chi connectivity index (χ4v) is 3.13. The molecule has 5 aromatic rings. The molecule has 0 saturated carbocycles. The molecule has 0 atom stereocenters. The number of benzene rings is 2. The predicted octanol–water partition coefficient (Wildman–Crippen LogP) is 3.00. The van der Waals surface area contributed by atoms with Crippen molar-refractivity contribution in [3.63, 3.8) is 0 Å². The first-order chi connectivity index (χ1) is 13.4. The van der Waals surface area contributed by atoms with Crippen molar-refractivity contribution in [1.82, 2.24) is 29.4 Å². The zero-order valence-corrected chi connectivity index (χ0v) is 13.9. The Hall–Kier alpha value is -3.82. The molecule has 3 heterocycles. The van der Waals surface area contributed by atoms with Crippen LogP contribution in [0.1, 0.15) is 5.82 Å². The molecule has 0 spiro atoms. The Morgan fingerprint density at radius 3 is 2.54 bits per heavy atom. The van der Waals surface area contributed by atoms with Crippen molar-refractivity contribution in [1.29, 1.82) is 0 Å². The summed E-state index contributed by atoms with van der Waals surface area (Å²) in [5, 5.41) is 12.7. The van der Waals surface area contributed by atoms with Crippen LogP contribution < -0.4 is 5.56 Å². The molecular weight excluding hydrogens is 373 g/mol. The SMILES string of the molecule is O=c1c2nnc3nc(C(F)(F)F)nn3c2ccn1-c1cccc2ccccc12. The van der Waals surface area contributed by atoms with Gasteiger partial charge < -0.3 is 0 Å². The Morgan fingerprint density at radius 1 is 0.929 bits per heavy atom. The molecule has 0 aliphatic rings. The van der Waals surface area contributed by atoms with Crippen LogP contribution in [0.4, 0.5) is 13.2 Å². The van der Waals surface area contributed by atoms with Crippen LogP contribution in [0.3, 0.4) is 0 Å². The summed E-state index contributed by atoms with van der Waals surface area (Å²) in [7, 11) is 0. The number of hydrogen-bond donors (Lipinski definition) is 0. The summed E-state index contributed by atoms with van der Waals surface area (Å²) >= 11 is 0. The molecule has 28 heavy (non-hydrogen) atoms. The van der Waals surface area contributed by atoms with Crippen LogP contribution in [0, 0.1) is 0 Å². The third-order valence-electron chi connectivity index (χ3n) is 4.38. The van der Waals surface area contributed by atoms with Crippen molar-refractivity contribution in [2.45, 2.75) is 6.18 Å². The van der Waals surface area contributed by atoms with Gasteiger partial charge >= 0.3 is 6.18 Å². The van der Waals surface area contributed by atoms with E-state index in [1.807, 2.05) is 36.4 Å². The summed E-state index contributed by atoms with van der Waals surface area (Å²) in [6.07, 6.45) is -3.25. The number of nitrogens with zero attached hydrogens (tertiary/aromatic N) is 6. The lowest BCUT2D eigenvalue weighted by atomic mass is 10.1. The Morgan fingerprint density at radius 2 is 1.71 bits per heavy atom. The summed E-state index contributed by atoms with van der Waals surface area (Å²) in [5.41, 5.74) is 0.0878. The van der Waals surface area contributed by atoms with Crippen molar-refractivity contribution in [2.75, 3.05) is 0 Å². The molecule has 0 fully saturated rings. The lowest BCUT2D eigenvalue weighted by Gasteiger charge is -2.10. The highest BCUT2D eigenvalue weighted by Crippen LogP contribution is 2.27. The van der Waals surface area contributed by atoms with Gasteiger partial charge in [0.25, 0.3) is 17.2 Å². The van der Waals surface area contributed by atoms with Crippen molar-refractivity contribution in [3.8, 4) is 5.69 Å². The Labute approximate surface area is 153 Å². The first-order valence-electron chi connectivity index (χ1n) is 8.14. The maximum absolute atomic E-state index is 13.0. The lowest BCUT2D eigenvalue weighted by Crippen LogP contribution is -2.20. The van der Waals surface area contributed by atoms with E-state index in [1.165, 1.54) is 16.8 Å². The average Bonchev–Trinajstić information content (AvgIpc) is 3.13. The van der Waals surface area contributed by atoms with Crippen molar-refractivity contribution >= 4 is 27.6 Å². The molecule has 138 valence electrons. The van der Waals surface area contributed by atoms with Gasteiger partial charge in [-0.1, -0.05) is 36.4 Å². The Kier molecular flexibility index (Phi) is 3.26. The van der Waals surface area contributed by atoms with E-state index in [4.69, 9.17) is 0 Å². The van der Waals surface area contributed by atoms with Gasteiger partial charge in [0, 0.05) is 11.6 Å². The molecule has 0 amide bonds. The number of alkyl halides is 3. The van der Waals surface area contributed by atoms with Crippen LogP contribution in [-0.4, -0.2) is 29.4 Å². The minimum atomic E-state index is -4.72. The molecule has 10 heteroatoms. The Balaban J connectivity index is 1.80. The molecule has 2 aromatic carbocycles. The number of aromatic nitrogens is 6. The van der Waals surface area contributed by atoms with Gasteiger partial charge in [-0.25, -0.2) is 0 Å². The Bertz CT molecular complexity index is 1430. The van der Waals surface area contributed by atoms with Gasteiger partial charge in [0.15, 0.2) is 5.52 Å². The van der Waals surface area contributed by atoms with E-state index in [0.29, 0.717) is 5.69 Å². The van der Waals surface area contributed by atoms with Gasteiger partial charge in [-0.15, -0.1) is 15.3 Å². The molecule has 0 aliphatic carbocycles. The van der Waals surface area contributed by atoms with Gasteiger partial charge in [0.2, 0.25) is 0 Å². The third kappa shape index (κ3) is 2.34. The zero-order chi connectivity index (χ0) is 19.5. The number of hydrogen-bond acceptors (Lipinski definition) is 5. The van der Waals surface area contributed by atoms with Crippen molar-refractivity contribution in [2.24, 2.45) is 0 Å². The quantitative estimate of drug-likeness (QED) is 0.445. The second-order valence-corrected chi connectivity index (χ2v) is 6.07. The summed E-state index contributed by atoms with van der Waals surface area (Å²) in [5.74, 6) is -1.67. The summed E-state index contributed by atoms with van der Waals surface area (Å²) in [6, 6.07) is 14.5. The smallest absolute Gasteiger partial charge is 0.282 e. The number of rotatable bonds is 1. The van der Waals surface area contributed by atoms with Gasteiger partial charge in [-0.05, 0) is 17.5 Å². The summed E-state index contributed by atoms with van der Waals surface area (Å²) in [6.45, 7) is 0. The first-order valence-corrected chi connectivity index (χ1v) is 8.14. The highest BCUT2D eigenvalue weighted by molar-refractivity contribution is 5.90. The van der Waals surface area contributed by atoms with Crippen molar-refractivity contribution in [3.05, 3.63) is 70.9 Å². The first kappa shape index (κ1) is 16.4. The molecule has 0 unspecified atom stereocenters. The normalized spacial score (nSPS) is 12.2. The van der Waals surface area contributed by atoms with Crippen LogP contribution in [-0.2, 0) is 6.18 Å². The van der Waals surface area contributed by atoms with E-state index in [2.05, 4.69) is 20.3 Å². The highest BCUT2D eigenvalue weighted by atomic mass is 19.4. The highest BCUT2D eigenvalue weighted by Gasteiger charge is 2.36. The molecule has 7 nitrogen and oxygen atoms in total. The minimum absolute atomic E-state index is 0.0921. The van der Waals surface area contributed by atoms with E-state index in [9.17, 15) is 18.0 Å². The minimum Gasteiger partial charge on any atom is -0.282 e. The fourth-order valence-electron chi connectivity index (χ4n) is 3.13. The third-order valence-corrected chi connectivity index (χ3v) is 4.38. The number of pyridine rings is 1. The van der Waals surface area contributed by atoms with Crippen LogP contribution in [0.15, 0.2) is 59.5 Å². The molecule has 3 aromatic heterocycles. The fraction of sp³-hybridized carbons (Fsp3) is 0.0556. The van der Waals surface area contributed by atoms with E-state index >= 15 is 0 Å². The number of halogens is 3. The summed E-state index contributed by atoms with van der Waals surface area (Å²) in [4.78, 5) is 16.3. The second kappa shape index (κ2) is 5.59. The van der Waals surface area contributed by atoms with Crippen LogP contribution in [0.25, 0.3) is 33.3 Å². The lowest BCUT2D eigenvalue weighted by molar-refractivity contribution is -0.144. The molecule has 0 radical (unpaired) electrons. The maximum atomic E-state index is 13.0. The number of fused-ring (bicyclic) bond motifs is 4. The average molecular weight is 382 g/mol. The predicted molar refractivity (Wildman–Crippen MR) is 94.2 cm³/mol. The van der Waals surface area contributed by atoms with Crippen LogP contribution in [0.5, 0.6) is 0 Å². The van der Waals surface area contributed by atoms with Gasteiger partial charge in [-0.3, -0.25) is 9.36 Å². The molecule has 0 N–H and O–H groups in total. The largest absolute Gasteiger partial charge is 0.453 e. The van der Waals surface area contributed by atoms with E-state index in [-0.39, 0.29) is 16.8 Å². The van der Waals surface area contributed by atoms with Gasteiger partial charge in [-0.2, -0.15) is 22.7 Å².